The zero-order valence-corrected chi connectivity index (χ0v) is 19.2. The van der Waals surface area contributed by atoms with Crippen LogP contribution in [0.5, 0.6) is 5.88 Å². The van der Waals surface area contributed by atoms with E-state index in [-0.39, 0.29) is 0 Å². The second kappa shape index (κ2) is 12.0. The van der Waals surface area contributed by atoms with Crippen molar-refractivity contribution >= 4 is 22.3 Å². The van der Waals surface area contributed by atoms with Crippen LogP contribution in [0.2, 0.25) is 0 Å². The summed E-state index contributed by atoms with van der Waals surface area (Å²) in [6.07, 6.45) is 10.3. The zero-order valence-electron chi connectivity index (χ0n) is 19.2. The van der Waals surface area contributed by atoms with Gasteiger partial charge >= 0.3 is 0 Å². The van der Waals surface area contributed by atoms with Crippen LogP contribution in [0.3, 0.4) is 0 Å². The van der Waals surface area contributed by atoms with Crippen molar-refractivity contribution in [3.8, 4) is 5.88 Å². The maximum absolute atomic E-state index is 5.44. The number of anilines is 2. The van der Waals surface area contributed by atoms with Gasteiger partial charge in [0.1, 0.15) is 0 Å². The molecule has 1 aliphatic rings. The molecule has 0 radical (unpaired) electrons. The Morgan fingerprint density at radius 2 is 1.83 bits per heavy atom. The highest BCUT2D eigenvalue weighted by atomic mass is 16.5. The molecular weight excluding hydrogens is 372 g/mol. The second-order valence-corrected chi connectivity index (χ2v) is 8.44. The van der Waals surface area contributed by atoms with Crippen LogP contribution in [-0.4, -0.2) is 49.2 Å². The molecule has 3 rings (SSSR count). The average molecular weight is 413 g/mol. The first-order valence-corrected chi connectivity index (χ1v) is 11.9. The van der Waals surface area contributed by atoms with E-state index in [2.05, 4.69) is 52.6 Å². The van der Waals surface area contributed by atoms with Gasteiger partial charge in [-0.1, -0.05) is 39.5 Å². The molecule has 0 aliphatic heterocycles. The number of pyridine rings is 1. The molecule has 1 aromatic carbocycles. The van der Waals surface area contributed by atoms with Gasteiger partial charge in [-0.25, -0.2) is 4.98 Å². The van der Waals surface area contributed by atoms with Gasteiger partial charge in [-0.3, -0.25) is 0 Å². The number of nitrogens with zero attached hydrogens (tertiary/aromatic N) is 2. The summed E-state index contributed by atoms with van der Waals surface area (Å²) in [4.78, 5) is 7.14. The predicted octanol–water partition coefficient (Wildman–Crippen LogP) is 5.91. The summed E-state index contributed by atoms with van der Waals surface area (Å²) < 4.78 is 5.44. The van der Waals surface area contributed by atoms with Gasteiger partial charge in [-0.05, 0) is 63.5 Å². The Morgan fingerprint density at radius 1 is 1.03 bits per heavy atom. The lowest BCUT2D eigenvalue weighted by atomic mass is 9.95. The SMILES string of the molecule is CCN(CC)CCCCCNc1cc(OC)nc2ccc(NC3CCCCC3)cc12. The van der Waals surface area contributed by atoms with E-state index in [1.165, 1.54) is 69.0 Å². The van der Waals surface area contributed by atoms with Crippen LogP contribution < -0.4 is 15.4 Å². The van der Waals surface area contributed by atoms with Gasteiger partial charge in [0.15, 0.2) is 0 Å². The molecule has 0 amide bonds. The summed E-state index contributed by atoms with van der Waals surface area (Å²) in [7, 11) is 1.68. The Labute approximate surface area is 182 Å². The zero-order chi connectivity index (χ0) is 21.2. The first-order chi connectivity index (χ1) is 14.7. The van der Waals surface area contributed by atoms with Gasteiger partial charge in [0.05, 0.1) is 12.6 Å². The van der Waals surface area contributed by atoms with Gasteiger partial charge < -0.3 is 20.3 Å². The Hall–Kier alpha value is -2.01. The maximum Gasteiger partial charge on any atom is 0.215 e. The smallest absolute Gasteiger partial charge is 0.215 e. The van der Waals surface area contributed by atoms with Gasteiger partial charge in [0.2, 0.25) is 5.88 Å². The van der Waals surface area contributed by atoms with E-state index in [0.29, 0.717) is 11.9 Å². The van der Waals surface area contributed by atoms with Crippen LogP contribution in [0.4, 0.5) is 11.4 Å². The van der Waals surface area contributed by atoms with E-state index in [1.54, 1.807) is 7.11 Å². The molecule has 0 atom stereocenters. The van der Waals surface area contributed by atoms with E-state index in [4.69, 9.17) is 4.74 Å². The van der Waals surface area contributed by atoms with Gasteiger partial charge in [0.25, 0.3) is 0 Å². The molecule has 1 heterocycles. The average Bonchev–Trinajstić information content (AvgIpc) is 2.79. The molecule has 2 aromatic rings. The number of unbranched alkanes of at least 4 members (excludes halogenated alkanes) is 2. The van der Waals surface area contributed by atoms with E-state index >= 15 is 0 Å². The Balaban J connectivity index is 1.61. The molecule has 1 aromatic heterocycles. The van der Waals surface area contributed by atoms with Gasteiger partial charge in [-0.15, -0.1) is 0 Å². The van der Waals surface area contributed by atoms with Crippen LogP contribution in [0.1, 0.15) is 65.2 Å². The number of fused-ring (bicyclic) bond motifs is 1. The van der Waals surface area contributed by atoms with Gasteiger partial charge in [0, 0.05) is 35.4 Å². The molecule has 5 nitrogen and oxygen atoms in total. The van der Waals surface area contributed by atoms with Crippen LogP contribution >= 0.6 is 0 Å². The van der Waals surface area contributed by atoms with Gasteiger partial charge in [-0.2, -0.15) is 0 Å². The molecule has 166 valence electrons. The first kappa shape index (κ1) is 22.7. The summed E-state index contributed by atoms with van der Waals surface area (Å²) in [6, 6.07) is 9.14. The molecule has 0 spiro atoms. The fraction of sp³-hybridized carbons (Fsp3) is 0.640. The predicted molar refractivity (Wildman–Crippen MR) is 129 cm³/mol. The van der Waals surface area contributed by atoms with Crippen molar-refractivity contribution in [3.63, 3.8) is 0 Å². The number of benzene rings is 1. The van der Waals surface area contributed by atoms with E-state index in [0.717, 1.165) is 30.8 Å². The number of hydrogen-bond donors (Lipinski definition) is 2. The van der Waals surface area contributed by atoms with E-state index in [9.17, 15) is 0 Å². The lowest BCUT2D eigenvalue weighted by Crippen LogP contribution is -2.23. The minimum atomic E-state index is 0.602. The fourth-order valence-electron chi connectivity index (χ4n) is 4.42. The van der Waals surface area contributed by atoms with Crippen molar-refractivity contribution in [3.05, 3.63) is 24.3 Å². The summed E-state index contributed by atoms with van der Waals surface area (Å²) in [5.74, 6) is 0.666. The van der Waals surface area contributed by atoms with Crippen LogP contribution in [-0.2, 0) is 0 Å². The summed E-state index contributed by atoms with van der Waals surface area (Å²) in [6.45, 7) is 8.95. The first-order valence-electron chi connectivity index (χ1n) is 11.9. The molecule has 0 unspecified atom stereocenters. The highest BCUT2D eigenvalue weighted by Crippen LogP contribution is 2.30. The number of rotatable bonds is 12. The highest BCUT2D eigenvalue weighted by molar-refractivity contribution is 5.94. The standard InChI is InChI=1S/C25H40N4O/c1-4-29(5-2)17-11-7-10-16-26-24-19-25(30-3)28-23-15-14-21(18-22(23)24)27-20-12-8-6-9-13-20/h14-15,18-20,27H,4-13,16-17H2,1-3H3,(H,26,28). The molecule has 2 N–H and O–H groups in total. The van der Waals surface area contributed by atoms with Crippen molar-refractivity contribution in [2.75, 3.05) is 43.9 Å². The Kier molecular flexibility index (Phi) is 9.06. The van der Waals surface area contributed by atoms with Crippen LogP contribution in [0.15, 0.2) is 24.3 Å². The quantitative estimate of drug-likeness (QED) is 0.424. The highest BCUT2D eigenvalue weighted by Gasteiger charge is 2.14. The molecular formula is C25H40N4O. The molecule has 1 fully saturated rings. The Bertz CT molecular complexity index is 769. The largest absolute Gasteiger partial charge is 0.481 e. The summed E-state index contributed by atoms with van der Waals surface area (Å²) in [5.41, 5.74) is 3.30. The fourth-order valence-corrected chi connectivity index (χ4v) is 4.42. The molecule has 5 heteroatoms. The second-order valence-electron chi connectivity index (χ2n) is 8.44. The molecule has 30 heavy (non-hydrogen) atoms. The van der Waals surface area contributed by atoms with Crippen LogP contribution in [0.25, 0.3) is 10.9 Å². The molecule has 0 saturated heterocycles. The lowest BCUT2D eigenvalue weighted by molar-refractivity contribution is 0.296. The Morgan fingerprint density at radius 3 is 2.57 bits per heavy atom. The third kappa shape index (κ3) is 6.49. The summed E-state index contributed by atoms with van der Waals surface area (Å²) in [5, 5.41) is 8.56. The lowest BCUT2D eigenvalue weighted by Gasteiger charge is -2.24. The third-order valence-electron chi connectivity index (χ3n) is 6.33. The third-order valence-corrected chi connectivity index (χ3v) is 6.33. The molecule has 0 bridgehead atoms. The van der Waals surface area contributed by atoms with Crippen molar-refractivity contribution < 1.29 is 4.74 Å². The monoisotopic (exact) mass is 412 g/mol. The number of methoxy groups -OCH3 is 1. The number of aromatic nitrogens is 1. The minimum Gasteiger partial charge on any atom is -0.481 e. The number of hydrogen-bond acceptors (Lipinski definition) is 5. The van der Waals surface area contributed by atoms with E-state index < -0.39 is 0 Å². The van der Waals surface area contributed by atoms with Crippen molar-refractivity contribution in [2.24, 2.45) is 0 Å². The minimum absolute atomic E-state index is 0.602. The maximum atomic E-state index is 5.44. The molecule has 1 saturated carbocycles. The van der Waals surface area contributed by atoms with Crippen molar-refractivity contribution in [1.82, 2.24) is 9.88 Å². The van der Waals surface area contributed by atoms with Crippen molar-refractivity contribution in [2.45, 2.75) is 71.3 Å². The topological polar surface area (TPSA) is 49.4 Å². The number of ether oxygens (including phenoxy) is 1. The normalized spacial score (nSPS) is 14.9. The molecule has 1 aliphatic carbocycles. The summed E-state index contributed by atoms with van der Waals surface area (Å²) >= 11 is 0. The van der Waals surface area contributed by atoms with E-state index in [1.807, 2.05) is 6.07 Å². The number of nitrogens with one attached hydrogen (secondary N) is 2. The van der Waals surface area contributed by atoms with Crippen LogP contribution in [0, 0.1) is 0 Å². The van der Waals surface area contributed by atoms with Crippen molar-refractivity contribution in [1.29, 1.82) is 0 Å².